The van der Waals surface area contributed by atoms with E-state index in [1.54, 1.807) is 17.0 Å². The molecule has 0 N–H and O–H groups in total. The first-order chi connectivity index (χ1) is 8.08. The van der Waals surface area contributed by atoms with E-state index in [1.807, 2.05) is 13.8 Å². The zero-order valence-corrected chi connectivity index (χ0v) is 10.9. The number of amides is 1. The smallest absolute Gasteiger partial charge is 0.238 e. The predicted molar refractivity (Wildman–Crippen MR) is 67.4 cm³/mol. The quantitative estimate of drug-likeness (QED) is 0.742. The molecular formula is C13H17ClFNO. The summed E-state index contributed by atoms with van der Waals surface area (Å²) in [7, 11) is 0. The fraction of sp³-hybridized carbons (Fsp3) is 0.462. The van der Waals surface area contributed by atoms with Gasteiger partial charge >= 0.3 is 0 Å². The molecule has 1 unspecified atom stereocenters. The second-order valence-corrected chi connectivity index (χ2v) is 4.31. The summed E-state index contributed by atoms with van der Waals surface area (Å²) < 4.78 is 12.8. The molecule has 0 radical (unpaired) electrons. The Morgan fingerprint density at radius 2 is 2.00 bits per heavy atom. The monoisotopic (exact) mass is 257 g/mol. The van der Waals surface area contributed by atoms with Gasteiger partial charge in [0.05, 0.1) is 0 Å². The fourth-order valence-corrected chi connectivity index (χ4v) is 1.73. The Bertz CT molecular complexity index is 366. The Morgan fingerprint density at radius 1 is 1.41 bits per heavy atom. The fourth-order valence-electron chi connectivity index (χ4n) is 1.57. The molecule has 0 aliphatic carbocycles. The minimum Gasteiger partial charge on any atom is -0.335 e. The maximum Gasteiger partial charge on any atom is 0.238 e. The van der Waals surface area contributed by atoms with Crippen molar-refractivity contribution in [1.29, 1.82) is 0 Å². The second kappa shape index (κ2) is 6.60. The van der Waals surface area contributed by atoms with Crippen LogP contribution in [-0.2, 0) is 11.3 Å². The van der Waals surface area contributed by atoms with E-state index in [2.05, 4.69) is 0 Å². The highest BCUT2D eigenvalue weighted by molar-refractivity contribution is 6.27. The van der Waals surface area contributed by atoms with Crippen LogP contribution < -0.4 is 0 Å². The van der Waals surface area contributed by atoms with Crippen LogP contribution in [0.3, 0.4) is 0 Å². The molecule has 4 heteroatoms. The number of hydrogen-bond donors (Lipinski definition) is 0. The zero-order valence-electron chi connectivity index (χ0n) is 10.1. The van der Waals surface area contributed by atoms with Crippen molar-refractivity contribution in [3.63, 3.8) is 0 Å². The van der Waals surface area contributed by atoms with Crippen molar-refractivity contribution in [3.05, 3.63) is 35.6 Å². The van der Waals surface area contributed by atoms with Crippen LogP contribution in [0.15, 0.2) is 24.3 Å². The third-order valence-corrected chi connectivity index (χ3v) is 3.05. The van der Waals surface area contributed by atoms with Crippen molar-refractivity contribution in [2.45, 2.75) is 32.9 Å². The summed E-state index contributed by atoms with van der Waals surface area (Å²) in [6.45, 7) is 4.47. The molecule has 0 saturated heterocycles. The van der Waals surface area contributed by atoms with E-state index in [-0.39, 0.29) is 23.6 Å². The summed E-state index contributed by atoms with van der Waals surface area (Å²) in [6, 6.07) is 6.30. The van der Waals surface area contributed by atoms with Crippen LogP contribution in [0.5, 0.6) is 0 Å². The molecule has 94 valence electrons. The first kappa shape index (κ1) is 14.0. The van der Waals surface area contributed by atoms with E-state index in [0.717, 1.165) is 12.0 Å². The largest absolute Gasteiger partial charge is 0.335 e. The van der Waals surface area contributed by atoms with Gasteiger partial charge in [0.2, 0.25) is 5.91 Å². The van der Waals surface area contributed by atoms with Gasteiger partial charge in [0, 0.05) is 12.6 Å². The van der Waals surface area contributed by atoms with E-state index in [0.29, 0.717) is 6.54 Å². The van der Waals surface area contributed by atoms with E-state index in [4.69, 9.17) is 11.6 Å². The second-order valence-electron chi connectivity index (χ2n) is 4.04. The molecule has 0 aliphatic heterocycles. The molecule has 0 bridgehead atoms. The lowest BCUT2D eigenvalue weighted by molar-refractivity contribution is -0.131. The minimum absolute atomic E-state index is 0.0223. The molecule has 1 aromatic rings. The summed E-state index contributed by atoms with van der Waals surface area (Å²) in [5, 5.41) is 0. The highest BCUT2D eigenvalue weighted by atomic mass is 35.5. The van der Waals surface area contributed by atoms with E-state index < -0.39 is 0 Å². The van der Waals surface area contributed by atoms with Crippen LogP contribution in [0, 0.1) is 5.82 Å². The van der Waals surface area contributed by atoms with Crippen LogP contribution in [0.25, 0.3) is 0 Å². The van der Waals surface area contributed by atoms with Crippen molar-refractivity contribution in [2.24, 2.45) is 0 Å². The van der Waals surface area contributed by atoms with Gasteiger partial charge < -0.3 is 4.90 Å². The molecule has 2 nitrogen and oxygen atoms in total. The number of carbonyl (C=O) groups excluding carboxylic acids is 1. The molecule has 0 aromatic heterocycles. The number of alkyl halides is 1. The van der Waals surface area contributed by atoms with E-state index in [9.17, 15) is 9.18 Å². The highest BCUT2D eigenvalue weighted by Crippen LogP contribution is 2.12. The third-order valence-electron chi connectivity index (χ3n) is 2.82. The van der Waals surface area contributed by atoms with Gasteiger partial charge in [-0.25, -0.2) is 4.39 Å². The molecule has 1 aromatic carbocycles. The number of nitrogens with zero attached hydrogens (tertiary/aromatic N) is 1. The average Bonchev–Trinajstić information content (AvgIpc) is 2.36. The van der Waals surface area contributed by atoms with Crippen molar-refractivity contribution < 1.29 is 9.18 Å². The Morgan fingerprint density at radius 3 is 2.47 bits per heavy atom. The average molecular weight is 258 g/mol. The number of benzene rings is 1. The van der Waals surface area contributed by atoms with E-state index in [1.165, 1.54) is 12.1 Å². The van der Waals surface area contributed by atoms with Crippen molar-refractivity contribution in [1.82, 2.24) is 4.90 Å². The van der Waals surface area contributed by atoms with Crippen LogP contribution in [-0.4, -0.2) is 22.7 Å². The van der Waals surface area contributed by atoms with Gasteiger partial charge in [-0.05, 0) is 31.0 Å². The lowest BCUT2D eigenvalue weighted by atomic mass is 10.1. The van der Waals surface area contributed by atoms with Crippen molar-refractivity contribution in [2.75, 3.05) is 5.88 Å². The number of hydrogen-bond acceptors (Lipinski definition) is 1. The first-order valence-corrected chi connectivity index (χ1v) is 6.21. The van der Waals surface area contributed by atoms with Crippen molar-refractivity contribution in [3.8, 4) is 0 Å². The maximum atomic E-state index is 12.8. The Labute approximate surface area is 106 Å². The maximum absolute atomic E-state index is 12.8. The van der Waals surface area contributed by atoms with Gasteiger partial charge in [-0.1, -0.05) is 19.1 Å². The summed E-state index contributed by atoms with van der Waals surface area (Å²) >= 11 is 5.59. The molecule has 0 spiro atoms. The number of rotatable bonds is 5. The summed E-state index contributed by atoms with van der Waals surface area (Å²) in [5.41, 5.74) is 0.908. The summed E-state index contributed by atoms with van der Waals surface area (Å²) in [5.74, 6) is -0.385. The van der Waals surface area contributed by atoms with Gasteiger partial charge in [-0.2, -0.15) is 0 Å². The standard InChI is InChI=1S/C13H17ClFNO/c1-3-10(2)16(13(17)8-14)9-11-4-6-12(15)7-5-11/h4-7,10H,3,8-9H2,1-2H3. The topological polar surface area (TPSA) is 20.3 Å². The molecule has 1 atom stereocenters. The molecule has 17 heavy (non-hydrogen) atoms. The molecular weight excluding hydrogens is 241 g/mol. The summed E-state index contributed by atoms with van der Waals surface area (Å²) in [4.78, 5) is 13.4. The Balaban J connectivity index is 2.78. The lowest BCUT2D eigenvalue weighted by Crippen LogP contribution is -2.38. The van der Waals surface area contributed by atoms with Crippen LogP contribution in [0.1, 0.15) is 25.8 Å². The Kier molecular flexibility index (Phi) is 5.42. The van der Waals surface area contributed by atoms with Gasteiger partial charge in [0.15, 0.2) is 0 Å². The molecule has 0 saturated carbocycles. The molecule has 1 rings (SSSR count). The number of carbonyl (C=O) groups is 1. The van der Waals surface area contributed by atoms with Gasteiger partial charge in [-0.3, -0.25) is 4.79 Å². The van der Waals surface area contributed by atoms with Gasteiger partial charge in [0.1, 0.15) is 11.7 Å². The predicted octanol–water partition coefficient (Wildman–Crippen LogP) is 3.19. The first-order valence-electron chi connectivity index (χ1n) is 5.68. The van der Waals surface area contributed by atoms with Gasteiger partial charge in [-0.15, -0.1) is 11.6 Å². The Hall–Kier alpha value is -1.09. The highest BCUT2D eigenvalue weighted by Gasteiger charge is 2.18. The molecule has 1 amide bonds. The van der Waals surface area contributed by atoms with Crippen LogP contribution in [0.2, 0.25) is 0 Å². The molecule has 0 heterocycles. The summed E-state index contributed by atoms with van der Waals surface area (Å²) in [6.07, 6.45) is 0.865. The van der Waals surface area contributed by atoms with E-state index >= 15 is 0 Å². The lowest BCUT2D eigenvalue weighted by Gasteiger charge is -2.28. The number of halogens is 2. The van der Waals surface area contributed by atoms with Crippen molar-refractivity contribution >= 4 is 17.5 Å². The SMILES string of the molecule is CCC(C)N(Cc1ccc(F)cc1)C(=O)CCl. The zero-order chi connectivity index (χ0) is 12.8. The molecule has 0 fully saturated rings. The molecule has 0 aliphatic rings. The normalized spacial score (nSPS) is 12.2. The minimum atomic E-state index is -0.271. The third kappa shape index (κ3) is 4.00. The van der Waals surface area contributed by atoms with Gasteiger partial charge in [0.25, 0.3) is 0 Å². The van der Waals surface area contributed by atoms with Crippen LogP contribution >= 0.6 is 11.6 Å². The van der Waals surface area contributed by atoms with Crippen LogP contribution in [0.4, 0.5) is 4.39 Å².